The molecular weight excluding hydrogens is 583 g/mol. The highest BCUT2D eigenvalue weighted by Crippen LogP contribution is 2.55. The van der Waals surface area contributed by atoms with Crippen LogP contribution in [0.2, 0.25) is 0 Å². The van der Waals surface area contributed by atoms with Crippen LogP contribution in [0.1, 0.15) is 38.8 Å². The lowest BCUT2D eigenvalue weighted by atomic mass is 9.55. The van der Waals surface area contributed by atoms with E-state index in [1.807, 2.05) is 18.2 Å². The Balaban J connectivity index is 1.27. The topological polar surface area (TPSA) is 38.7 Å². The first-order valence-corrected chi connectivity index (χ1v) is 16.7. The van der Waals surface area contributed by atoms with E-state index >= 15 is 0 Å². The predicted molar refractivity (Wildman–Crippen MR) is 200 cm³/mol. The van der Waals surface area contributed by atoms with E-state index in [4.69, 9.17) is 15.0 Å². The molecule has 3 nitrogen and oxygen atoms in total. The fourth-order valence-electron chi connectivity index (χ4n) is 7.60. The molecule has 230 valence electrons. The molecule has 48 heavy (non-hydrogen) atoms. The Hall–Kier alpha value is -5.67. The minimum absolute atomic E-state index is 0.0983. The van der Waals surface area contributed by atoms with Crippen LogP contribution in [0.25, 0.3) is 77.6 Å². The second-order valence-electron chi connectivity index (χ2n) is 14.2. The zero-order valence-corrected chi connectivity index (χ0v) is 27.6. The second kappa shape index (κ2) is 10.4. The summed E-state index contributed by atoms with van der Waals surface area (Å²) in [6.45, 7) is 9.56. The zero-order chi connectivity index (χ0) is 32.6. The maximum atomic E-state index is 5.14. The molecule has 0 radical (unpaired) electrons. The quantitative estimate of drug-likeness (QED) is 0.185. The number of aromatic nitrogens is 3. The van der Waals surface area contributed by atoms with Crippen molar-refractivity contribution >= 4 is 32.3 Å². The van der Waals surface area contributed by atoms with Gasteiger partial charge < -0.3 is 0 Å². The lowest BCUT2D eigenvalue weighted by Gasteiger charge is -2.48. The van der Waals surface area contributed by atoms with Crippen LogP contribution in [0.4, 0.5) is 0 Å². The Bertz CT molecular complexity index is 2560. The molecule has 0 amide bonds. The van der Waals surface area contributed by atoms with Crippen LogP contribution in [0, 0.1) is 0 Å². The van der Waals surface area contributed by atoms with Crippen molar-refractivity contribution in [3.63, 3.8) is 0 Å². The van der Waals surface area contributed by atoms with E-state index in [-0.39, 0.29) is 10.8 Å². The van der Waals surface area contributed by atoms with Crippen LogP contribution in [0.15, 0.2) is 140 Å². The summed E-state index contributed by atoms with van der Waals surface area (Å²) < 4.78 is 0. The normalized spacial score (nSPS) is 14.6. The van der Waals surface area contributed by atoms with Gasteiger partial charge in [0.1, 0.15) is 0 Å². The Labute approximate surface area is 281 Å². The second-order valence-corrected chi connectivity index (χ2v) is 14.2. The Morgan fingerprint density at radius 1 is 0.354 bits per heavy atom. The van der Waals surface area contributed by atoms with E-state index in [0.29, 0.717) is 17.5 Å². The van der Waals surface area contributed by atoms with Crippen molar-refractivity contribution in [2.24, 2.45) is 0 Å². The average Bonchev–Trinajstić information content (AvgIpc) is 3.13. The molecule has 7 aromatic carbocycles. The van der Waals surface area contributed by atoms with Gasteiger partial charge in [-0.1, -0.05) is 143 Å². The van der Waals surface area contributed by atoms with Crippen molar-refractivity contribution in [2.75, 3.05) is 0 Å². The van der Waals surface area contributed by atoms with Crippen LogP contribution in [0.3, 0.4) is 0 Å². The summed E-state index contributed by atoms with van der Waals surface area (Å²) in [5.74, 6) is 2.01. The zero-order valence-electron chi connectivity index (χ0n) is 27.6. The maximum absolute atomic E-state index is 5.14. The first-order chi connectivity index (χ1) is 23.3. The van der Waals surface area contributed by atoms with Crippen LogP contribution in [0.5, 0.6) is 0 Å². The van der Waals surface area contributed by atoms with E-state index in [2.05, 4.69) is 149 Å². The molecular formula is C45H35N3. The number of fused-ring (bicyclic) bond motifs is 7. The molecule has 0 aliphatic heterocycles. The van der Waals surface area contributed by atoms with Crippen molar-refractivity contribution in [2.45, 2.75) is 38.5 Å². The standard InChI is InChI=1S/C45H35N3/c1-44(2)39-23-22-34(26-37(39)38-25-32-20-19-29-13-10-11-17-35(29)36(32)27-40(38)45(44,3)4)43-47-41(30-14-6-5-7-15-30)46-42(48-43)33-21-18-28-12-8-9-16-31(28)24-33/h5-27H,1-4H3. The SMILES string of the molecule is CC1(C)c2ccc(-c3nc(-c4ccccc4)nc(-c4ccc5ccccc5c4)n3)cc2-c2cc3ccc4ccccc4c3cc2C1(C)C. The molecule has 3 heteroatoms. The number of hydrogen-bond donors (Lipinski definition) is 0. The minimum Gasteiger partial charge on any atom is -0.208 e. The molecule has 0 N–H and O–H groups in total. The largest absolute Gasteiger partial charge is 0.208 e. The third-order valence-corrected chi connectivity index (χ3v) is 11.0. The molecule has 0 saturated carbocycles. The Morgan fingerprint density at radius 3 is 1.67 bits per heavy atom. The van der Waals surface area contributed by atoms with Gasteiger partial charge in [0.15, 0.2) is 17.5 Å². The summed E-state index contributed by atoms with van der Waals surface area (Å²) in [7, 11) is 0. The highest BCUT2D eigenvalue weighted by atomic mass is 15.0. The van der Waals surface area contributed by atoms with Crippen molar-refractivity contribution < 1.29 is 0 Å². The van der Waals surface area contributed by atoms with Crippen molar-refractivity contribution in [1.82, 2.24) is 15.0 Å². The lowest BCUT2D eigenvalue weighted by molar-refractivity contribution is 0.299. The average molecular weight is 618 g/mol. The van der Waals surface area contributed by atoms with Crippen LogP contribution in [-0.4, -0.2) is 15.0 Å². The Morgan fingerprint density at radius 2 is 0.896 bits per heavy atom. The fourth-order valence-corrected chi connectivity index (χ4v) is 7.60. The van der Waals surface area contributed by atoms with Crippen molar-refractivity contribution in [1.29, 1.82) is 0 Å². The molecule has 0 atom stereocenters. The smallest absolute Gasteiger partial charge is 0.164 e. The van der Waals surface area contributed by atoms with E-state index in [1.165, 1.54) is 49.2 Å². The van der Waals surface area contributed by atoms with Gasteiger partial charge in [-0.2, -0.15) is 0 Å². The molecule has 0 fully saturated rings. The summed E-state index contributed by atoms with van der Waals surface area (Å²) in [5, 5.41) is 7.48. The maximum Gasteiger partial charge on any atom is 0.164 e. The Kier molecular flexibility index (Phi) is 6.20. The fraction of sp³-hybridized carbons (Fsp3) is 0.133. The number of benzene rings is 7. The third kappa shape index (κ3) is 4.31. The van der Waals surface area contributed by atoms with Gasteiger partial charge in [-0.25, -0.2) is 15.0 Å². The summed E-state index contributed by atoms with van der Waals surface area (Å²) in [6.07, 6.45) is 0. The van der Waals surface area contributed by atoms with E-state index in [0.717, 1.165) is 22.1 Å². The monoisotopic (exact) mass is 617 g/mol. The molecule has 1 aliphatic carbocycles. The third-order valence-electron chi connectivity index (χ3n) is 11.0. The van der Waals surface area contributed by atoms with Gasteiger partial charge in [-0.05, 0) is 89.7 Å². The van der Waals surface area contributed by atoms with E-state index < -0.39 is 0 Å². The number of nitrogens with zero attached hydrogens (tertiary/aromatic N) is 3. The first kappa shape index (κ1) is 28.5. The van der Waals surface area contributed by atoms with E-state index in [9.17, 15) is 0 Å². The summed E-state index contributed by atoms with van der Waals surface area (Å²) in [4.78, 5) is 15.2. The van der Waals surface area contributed by atoms with Crippen LogP contribution >= 0.6 is 0 Å². The molecule has 1 aliphatic rings. The van der Waals surface area contributed by atoms with Crippen molar-refractivity contribution in [3.8, 4) is 45.3 Å². The van der Waals surface area contributed by atoms with Gasteiger partial charge in [-0.15, -0.1) is 0 Å². The summed E-state index contributed by atoms with van der Waals surface area (Å²) >= 11 is 0. The van der Waals surface area contributed by atoms with E-state index in [1.54, 1.807) is 0 Å². The van der Waals surface area contributed by atoms with Gasteiger partial charge in [0, 0.05) is 16.7 Å². The number of hydrogen-bond acceptors (Lipinski definition) is 3. The van der Waals surface area contributed by atoms with Crippen molar-refractivity contribution in [3.05, 3.63) is 151 Å². The van der Waals surface area contributed by atoms with Gasteiger partial charge in [0.2, 0.25) is 0 Å². The predicted octanol–water partition coefficient (Wildman–Crippen LogP) is 11.6. The number of rotatable bonds is 3. The van der Waals surface area contributed by atoms with Gasteiger partial charge >= 0.3 is 0 Å². The first-order valence-electron chi connectivity index (χ1n) is 16.7. The lowest BCUT2D eigenvalue weighted by Crippen LogP contribution is -2.43. The van der Waals surface area contributed by atoms with Crippen LogP contribution < -0.4 is 0 Å². The highest BCUT2D eigenvalue weighted by Gasteiger charge is 2.46. The van der Waals surface area contributed by atoms with Gasteiger partial charge in [0.05, 0.1) is 0 Å². The van der Waals surface area contributed by atoms with Gasteiger partial charge in [-0.3, -0.25) is 0 Å². The molecule has 0 unspecified atom stereocenters. The van der Waals surface area contributed by atoms with Gasteiger partial charge in [0.25, 0.3) is 0 Å². The molecule has 8 aromatic rings. The molecule has 1 heterocycles. The summed E-state index contributed by atoms with van der Waals surface area (Å²) in [6, 6.07) is 49.9. The van der Waals surface area contributed by atoms with Crippen LogP contribution in [-0.2, 0) is 10.8 Å². The molecule has 0 saturated heterocycles. The highest BCUT2D eigenvalue weighted by molar-refractivity contribution is 6.09. The summed E-state index contributed by atoms with van der Waals surface area (Å²) in [5.41, 5.74) is 7.95. The molecule has 0 bridgehead atoms. The molecule has 9 rings (SSSR count). The minimum atomic E-state index is -0.114. The molecule has 1 aromatic heterocycles. The molecule has 0 spiro atoms.